The Labute approximate surface area is 143 Å². The summed E-state index contributed by atoms with van der Waals surface area (Å²) >= 11 is 0. The number of para-hydroxylation sites is 1. The number of hydrogen-bond acceptors (Lipinski definition) is 3. The largest absolute Gasteiger partial charge is 0.354 e. The monoisotopic (exact) mass is 323 g/mol. The smallest absolute Gasteiger partial charge is 0.228 e. The lowest BCUT2D eigenvalue weighted by atomic mass is 9.85. The van der Waals surface area contributed by atoms with Gasteiger partial charge in [0, 0.05) is 11.6 Å². The molecule has 4 nitrogen and oxygen atoms in total. The van der Waals surface area contributed by atoms with Crippen LogP contribution in [0.5, 0.6) is 0 Å². The number of anilines is 3. The molecule has 1 amide bonds. The number of nitrogens with one attached hydrogen (secondary N) is 2. The second-order valence-electron chi connectivity index (χ2n) is 6.87. The van der Waals surface area contributed by atoms with Crippen LogP contribution in [0.15, 0.2) is 36.5 Å². The molecule has 0 spiro atoms. The average molecular weight is 323 g/mol. The molecule has 0 aliphatic heterocycles. The molecule has 1 aliphatic rings. The maximum atomic E-state index is 12.0. The summed E-state index contributed by atoms with van der Waals surface area (Å²) in [5, 5.41) is 6.37. The van der Waals surface area contributed by atoms with Crippen molar-refractivity contribution in [2.24, 2.45) is 5.92 Å². The van der Waals surface area contributed by atoms with Gasteiger partial charge >= 0.3 is 0 Å². The molecule has 1 saturated carbocycles. The first-order valence-electron chi connectivity index (χ1n) is 8.68. The van der Waals surface area contributed by atoms with Crippen LogP contribution in [0.4, 0.5) is 17.2 Å². The van der Waals surface area contributed by atoms with Gasteiger partial charge < -0.3 is 10.6 Å². The van der Waals surface area contributed by atoms with Crippen molar-refractivity contribution < 1.29 is 4.79 Å². The number of hydrogen-bond donors (Lipinski definition) is 2. The number of amides is 1. The lowest BCUT2D eigenvalue weighted by Crippen LogP contribution is -2.28. The number of benzene rings is 1. The van der Waals surface area contributed by atoms with E-state index in [4.69, 9.17) is 0 Å². The summed E-state index contributed by atoms with van der Waals surface area (Å²) in [6.45, 7) is 6.49. The Morgan fingerprint density at radius 3 is 2.58 bits per heavy atom. The third kappa shape index (κ3) is 3.58. The fourth-order valence-corrected chi connectivity index (χ4v) is 2.93. The van der Waals surface area contributed by atoms with Crippen LogP contribution in [-0.2, 0) is 4.79 Å². The maximum absolute atomic E-state index is 12.0. The van der Waals surface area contributed by atoms with Crippen molar-refractivity contribution in [3.05, 3.63) is 47.7 Å². The van der Waals surface area contributed by atoms with Crippen LogP contribution >= 0.6 is 0 Å². The Morgan fingerprint density at radius 2 is 2.00 bits per heavy atom. The zero-order chi connectivity index (χ0) is 17.1. The van der Waals surface area contributed by atoms with E-state index < -0.39 is 0 Å². The summed E-state index contributed by atoms with van der Waals surface area (Å²) in [5.74, 6) is 1.33. The van der Waals surface area contributed by atoms with Crippen LogP contribution in [0.3, 0.4) is 0 Å². The summed E-state index contributed by atoms with van der Waals surface area (Å²) < 4.78 is 0. The second-order valence-corrected chi connectivity index (χ2v) is 6.87. The molecule has 1 aromatic heterocycles. The summed E-state index contributed by atoms with van der Waals surface area (Å²) in [5.41, 5.74) is 4.56. The molecule has 0 bridgehead atoms. The molecule has 4 heteroatoms. The molecular weight excluding hydrogens is 298 g/mol. The van der Waals surface area contributed by atoms with Crippen LogP contribution < -0.4 is 10.6 Å². The van der Waals surface area contributed by atoms with E-state index in [1.165, 1.54) is 11.1 Å². The number of aromatic nitrogens is 1. The second kappa shape index (κ2) is 7.04. The van der Waals surface area contributed by atoms with E-state index in [-0.39, 0.29) is 11.8 Å². The van der Waals surface area contributed by atoms with Gasteiger partial charge in [0.1, 0.15) is 5.82 Å². The van der Waals surface area contributed by atoms with Gasteiger partial charge in [0.05, 0.1) is 11.9 Å². The molecule has 0 unspecified atom stereocenters. The minimum atomic E-state index is 0.0930. The van der Waals surface area contributed by atoms with Crippen LogP contribution in [0.25, 0.3) is 0 Å². The topological polar surface area (TPSA) is 54.0 Å². The molecule has 0 atom stereocenters. The highest BCUT2D eigenvalue weighted by molar-refractivity contribution is 5.92. The molecule has 0 radical (unpaired) electrons. The fourth-order valence-electron chi connectivity index (χ4n) is 2.93. The molecule has 1 heterocycles. The van der Waals surface area contributed by atoms with Gasteiger partial charge in [-0.3, -0.25) is 4.79 Å². The van der Waals surface area contributed by atoms with Crippen molar-refractivity contribution in [1.82, 2.24) is 4.98 Å². The number of pyridine rings is 1. The number of rotatable bonds is 5. The highest BCUT2D eigenvalue weighted by Crippen LogP contribution is 2.30. The van der Waals surface area contributed by atoms with Gasteiger partial charge in [0.2, 0.25) is 5.91 Å². The third-order valence-corrected chi connectivity index (χ3v) is 4.69. The van der Waals surface area contributed by atoms with Crippen molar-refractivity contribution in [1.29, 1.82) is 0 Å². The van der Waals surface area contributed by atoms with Gasteiger partial charge in [-0.05, 0) is 48.9 Å². The molecule has 2 aromatic rings. The van der Waals surface area contributed by atoms with Crippen molar-refractivity contribution in [3.63, 3.8) is 0 Å². The van der Waals surface area contributed by atoms with E-state index in [2.05, 4.69) is 54.6 Å². The number of carbonyl (C=O) groups excluding carboxylic acids is 1. The van der Waals surface area contributed by atoms with E-state index in [0.29, 0.717) is 11.7 Å². The van der Waals surface area contributed by atoms with Gasteiger partial charge in [-0.2, -0.15) is 0 Å². The Balaban J connectivity index is 1.71. The quantitative estimate of drug-likeness (QED) is 0.814. The van der Waals surface area contributed by atoms with Crippen LogP contribution in [0.1, 0.15) is 50.2 Å². The molecule has 126 valence electrons. The molecular formula is C20H25N3O. The Morgan fingerprint density at radius 1 is 1.21 bits per heavy atom. The van der Waals surface area contributed by atoms with Gasteiger partial charge in [0.15, 0.2) is 0 Å². The van der Waals surface area contributed by atoms with Gasteiger partial charge in [0.25, 0.3) is 0 Å². The highest BCUT2D eigenvalue weighted by Gasteiger charge is 2.25. The zero-order valence-corrected chi connectivity index (χ0v) is 14.6. The molecule has 2 N–H and O–H groups in total. The SMILES string of the molecule is Cc1cccc(C(C)C)c1Nc1ccc(NC(=O)C2CCC2)nc1. The van der Waals surface area contributed by atoms with Gasteiger partial charge in [-0.25, -0.2) is 4.98 Å². The first-order valence-corrected chi connectivity index (χ1v) is 8.68. The van der Waals surface area contributed by atoms with Crippen molar-refractivity contribution in [3.8, 4) is 0 Å². The van der Waals surface area contributed by atoms with E-state index in [1.807, 2.05) is 12.1 Å². The molecule has 3 rings (SSSR count). The van der Waals surface area contributed by atoms with Gasteiger partial charge in [-0.15, -0.1) is 0 Å². The Bertz CT molecular complexity index is 718. The maximum Gasteiger partial charge on any atom is 0.228 e. The number of nitrogens with zero attached hydrogens (tertiary/aromatic N) is 1. The minimum Gasteiger partial charge on any atom is -0.354 e. The highest BCUT2D eigenvalue weighted by atomic mass is 16.2. The normalized spacial score (nSPS) is 14.3. The Hall–Kier alpha value is -2.36. The van der Waals surface area contributed by atoms with E-state index in [1.54, 1.807) is 6.20 Å². The summed E-state index contributed by atoms with van der Waals surface area (Å²) in [4.78, 5) is 16.3. The van der Waals surface area contributed by atoms with Gasteiger partial charge in [-0.1, -0.05) is 38.5 Å². The standard InChI is InChI=1S/C20H25N3O/c1-13(2)17-9-4-6-14(3)19(17)22-16-10-11-18(21-12-16)23-20(24)15-7-5-8-15/h4,6,9-13,15,22H,5,7-8H2,1-3H3,(H,21,23,24). The first kappa shape index (κ1) is 16.5. The van der Waals surface area contributed by atoms with E-state index >= 15 is 0 Å². The van der Waals surface area contributed by atoms with Crippen LogP contribution in [-0.4, -0.2) is 10.9 Å². The summed E-state index contributed by atoms with van der Waals surface area (Å²) in [6.07, 6.45) is 4.92. The molecule has 1 fully saturated rings. The predicted molar refractivity (Wildman–Crippen MR) is 98.8 cm³/mol. The van der Waals surface area contributed by atoms with E-state index in [0.717, 1.165) is 30.6 Å². The summed E-state index contributed by atoms with van der Waals surface area (Å²) in [6, 6.07) is 10.2. The molecule has 1 aromatic carbocycles. The first-order chi connectivity index (χ1) is 11.5. The van der Waals surface area contributed by atoms with E-state index in [9.17, 15) is 4.79 Å². The molecule has 1 aliphatic carbocycles. The molecule has 0 saturated heterocycles. The van der Waals surface area contributed by atoms with Crippen molar-refractivity contribution >= 4 is 23.1 Å². The zero-order valence-electron chi connectivity index (χ0n) is 14.6. The lowest BCUT2D eigenvalue weighted by molar-refractivity contribution is -0.122. The number of carbonyl (C=O) groups is 1. The third-order valence-electron chi connectivity index (χ3n) is 4.69. The summed E-state index contributed by atoms with van der Waals surface area (Å²) in [7, 11) is 0. The molecule has 24 heavy (non-hydrogen) atoms. The average Bonchev–Trinajstić information content (AvgIpc) is 2.49. The Kier molecular flexibility index (Phi) is 4.84. The fraction of sp³-hybridized carbons (Fsp3) is 0.400. The number of aryl methyl sites for hydroxylation is 1. The minimum absolute atomic E-state index is 0.0930. The van der Waals surface area contributed by atoms with Crippen molar-refractivity contribution in [2.45, 2.75) is 46.0 Å². The predicted octanol–water partition coefficient (Wildman–Crippen LogP) is 5.00. The van der Waals surface area contributed by atoms with Crippen LogP contribution in [0, 0.1) is 12.8 Å². The van der Waals surface area contributed by atoms with Crippen LogP contribution in [0.2, 0.25) is 0 Å². The lowest BCUT2D eigenvalue weighted by Gasteiger charge is -2.23. The van der Waals surface area contributed by atoms with Crippen molar-refractivity contribution in [2.75, 3.05) is 10.6 Å².